The largest absolute Gasteiger partial charge is 0.573 e. The molecule has 0 bridgehead atoms. The maximum atomic E-state index is 12.3. The predicted molar refractivity (Wildman–Crippen MR) is 89.5 cm³/mol. The van der Waals surface area contributed by atoms with E-state index in [1.807, 2.05) is 45.0 Å². The minimum atomic E-state index is -4.70. The van der Waals surface area contributed by atoms with Gasteiger partial charge in [0.05, 0.1) is 11.2 Å². The molecule has 0 fully saturated rings. The highest BCUT2D eigenvalue weighted by atomic mass is 19.4. The van der Waals surface area contributed by atoms with Crippen LogP contribution in [0.4, 0.5) is 13.2 Å². The average Bonchev–Trinajstić information content (AvgIpc) is 2.53. The van der Waals surface area contributed by atoms with Crippen LogP contribution in [0, 0.1) is 6.92 Å². The molecule has 25 heavy (non-hydrogen) atoms. The molecule has 3 aromatic rings. The van der Waals surface area contributed by atoms with Crippen molar-refractivity contribution in [2.45, 2.75) is 32.5 Å². The Labute approximate surface area is 143 Å². The molecule has 0 N–H and O–H groups in total. The Morgan fingerprint density at radius 2 is 1.52 bits per heavy atom. The maximum absolute atomic E-state index is 12.3. The molecule has 3 nitrogen and oxygen atoms in total. The summed E-state index contributed by atoms with van der Waals surface area (Å²) in [5.41, 5.74) is 2.00. The highest BCUT2D eigenvalue weighted by Gasteiger charge is 2.32. The molecule has 0 saturated carbocycles. The van der Waals surface area contributed by atoms with Gasteiger partial charge in [-0.2, -0.15) is 0 Å². The van der Waals surface area contributed by atoms with Gasteiger partial charge in [-0.1, -0.05) is 44.2 Å². The van der Waals surface area contributed by atoms with Crippen LogP contribution in [-0.4, -0.2) is 16.3 Å². The van der Waals surface area contributed by atoms with Gasteiger partial charge < -0.3 is 4.74 Å². The summed E-state index contributed by atoms with van der Waals surface area (Å²) in [5, 5.41) is 0.925. The predicted octanol–water partition coefficient (Wildman–Crippen LogP) is 5.16. The van der Waals surface area contributed by atoms with Gasteiger partial charge in [-0.05, 0) is 30.7 Å². The SMILES string of the molecule is Cc1nc(C(C)(C)c2ccc(OC(F)(F)F)cc2)c2ccccc2n1. The van der Waals surface area contributed by atoms with Crippen LogP contribution in [0.3, 0.4) is 0 Å². The third kappa shape index (κ3) is 3.57. The summed E-state index contributed by atoms with van der Waals surface area (Å²) in [6.07, 6.45) is -4.70. The van der Waals surface area contributed by atoms with Crippen LogP contribution in [0.5, 0.6) is 5.75 Å². The zero-order valence-corrected chi connectivity index (χ0v) is 14.1. The van der Waals surface area contributed by atoms with Crippen molar-refractivity contribution in [2.75, 3.05) is 0 Å². The lowest BCUT2D eigenvalue weighted by molar-refractivity contribution is -0.274. The van der Waals surface area contributed by atoms with Crippen molar-refractivity contribution >= 4 is 10.9 Å². The van der Waals surface area contributed by atoms with Crippen molar-refractivity contribution in [2.24, 2.45) is 0 Å². The van der Waals surface area contributed by atoms with E-state index in [1.165, 1.54) is 12.1 Å². The fraction of sp³-hybridized carbons (Fsp3) is 0.263. The van der Waals surface area contributed by atoms with Crippen molar-refractivity contribution in [1.29, 1.82) is 0 Å². The molecular weight excluding hydrogens is 329 g/mol. The fourth-order valence-corrected chi connectivity index (χ4v) is 2.88. The Hall–Kier alpha value is -2.63. The summed E-state index contributed by atoms with van der Waals surface area (Å²) in [7, 11) is 0. The lowest BCUT2D eigenvalue weighted by Gasteiger charge is -2.26. The van der Waals surface area contributed by atoms with Crippen LogP contribution in [-0.2, 0) is 5.41 Å². The maximum Gasteiger partial charge on any atom is 0.573 e. The highest BCUT2D eigenvalue weighted by molar-refractivity contribution is 5.82. The lowest BCUT2D eigenvalue weighted by atomic mass is 9.79. The van der Waals surface area contributed by atoms with Crippen LogP contribution in [0.1, 0.15) is 30.9 Å². The molecule has 3 rings (SSSR count). The van der Waals surface area contributed by atoms with E-state index in [4.69, 9.17) is 0 Å². The van der Waals surface area contributed by atoms with E-state index in [2.05, 4.69) is 14.7 Å². The Morgan fingerprint density at radius 1 is 0.880 bits per heavy atom. The molecule has 0 aliphatic heterocycles. The Morgan fingerprint density at radius 3 is 2.16 bits per heavy atom. The van der Waals surface area contributed by atoms with Crippen molar-refractivity contribution in [1.82, 2.24) is 9.97 Å². The van der Waals surface area contributed by atoms with Gasteiger partial charge in [0.2, 0.25) is 0 Å². The minimum absolute atomic E-state index is 0.240. The molecule has 130 valence electrons. The summed E-state index contributed by atoms with van der Waals surface area (Å²) in [6.45, 7) is 5.80. The number of halogens is 3. The number of fused-ring (bicyclic) bond motifs is 1. The van der Waals surface area contributed by atoms with Crippen LogP contribution in [0.2, 0.25) is 0 Å². The minimum Gasteiger partial charge on any atom is -0.406 e. The number of aryl methyl sites for hydroxylation is 1. The lowest BCUT2D eigenvalue weighted by Crippen LogP contribution is -2.22. The number of alkyl halides is 3. The number of hydrogen-bond donors (Lipinski definition) is 0. The normalized spacial score (nSPS) is 12.4. The van der Waals surface area contributed by atoms with Gasteiger partial charge in [0.1, 0.15) is 11.6 Å². The standard InChI is InChI=1S/C19H17F3N2O/c1-12-23-16-7-5-4-6-15(16)17(24-12)18(2,3)13-8-10-14(11-9-13)25-19(20,21)22/h4-11H,1-3H3. The number of hydrogen-bond acceptors (Lipinski definition) is 3. The zero-order chi connectivity index (χ0) is 18.2. The molecule has 2 aromatic carbocycles. The average molecular weight is 346 g/mol. The second-order valence-corrected chi connectivity index (χ2v) is 6.33. The van der Waals surface area contributed by atoms with Crippen LogP contribution >= 0.6 is 0 Å². The first kappa shape index (κ1) is 17.2. The quantitative estimate of drug-likeness (QED) is 0.657. The van der Waals surface area contributed by atoms with Crippen LogP contribution in [0.25, 0.3) is 10.9 Å². The first-order chi connectivity index (χ1) is 11.7. The van der Waals surface area contributed by atoms with Crippen LogP contribution < -0.4 is 4.74 Å². The monoisotopic (exact) mass is 346 g/mol. The molecule has 6 heteroatoms. The van der Waals surface area contributed by atoms with E-state index in [1.54, 1.807) is 12.1 Å². The summed E-state index contributed by atoms with van der Waals surface area (Å²) in [6, 6.07) is 13.6. The van der Waals surface area contributed by atoms with Crippen molar-refractivity contribution in [3.05, 3.63) is 65.6 Å². The number of benzene rings is 2. The third-order valence-corrected chi connectivity index (χ3v) is 4.12. The van der Waals surface area contributed by atoms with Gasteiger partial charge >= 0.3 is 6.36 Å². The molecule has 0 saturated heterocycles. The molecule has 1 aromatic heterocycles. The summed E-state index contributed by atoms with van der Waals surface area (Å²) in [5.74, 6) is 0.412. The fourth-order valence-electron chi connectivity index (χ4n) is 2.88. The highest BCUT2D eigenvalue weighted by Crippen LogP contribution is 2.35. The number of nitrogens with zero attached hydrogens (tertiary/aromatic N) is 2. The number of para-hydroxylation sites is 1. The van der Waals surface area contributed by atoms with E-state index in [-0.39, 0.29) is 5.75 Å². The number of ether oxygens (including phenoxy) is 1. The van der Waals surface area contributed by atoms with E-state index in [0.29, 0.717) is 5.82 Å². The van der Waals surface area contributed by atoms with E-state index in [9.17, 15) is 13.2 Å². The van der Waals surface area contributed by atoms with E-state index in [0.717, 1.165) is 22.2 Å². The van der Waals surface area contributed by atoms with Gasteiger partial charge in [0, 0.05) is 10.8 Å². The molecule has 1 heterocycles. The van der Waals surface area contributed by atoms with Gasteiger partial charge in [0.25, 0.3) is 0 Å². The number of aromatic nitrogens is 2. The first-order valence-electron chi connectivity index (χ1n) is 7.77. The Balaban J connectivity index is 2.05. The topological polar surface area (TPSA) is 35.0 Å². The second kappa shape index (κ2) is 6.02. The third-order valence-electron chi connectivity index (χ3n) is 4.12. The Kier molecular flexibility index (Phi) is 4.14. The summed E-state index contributed by atoms with van der Waals surface area (Å²) < 4.78 is 40.9. The van der Waals surface area contributed by atoms with Crippen molar-refractivity contribution in [3.8, 4) is 5.75 Å². The van der Waals surface area contributed by atoms with E-state index < -0.39 is 11.8 Å². The molecule has 0 radical (unpaired) electrons. The second-order valence-electron chi connectivity index (χ2n) is 6.33. The molecule has 0 spiro atoms. The van der Waals surface area contributed by atoms with Gasteiger partial charge in [-0.3, -0.25) is 0 Å². The van der Waals surface area contributed by atoms with Crippen LogP contribution in [0.15, 0.2) is 48.5 Å². The van der Waals surface area contributed by atoms with E-state index >= 15 is 0 Å². The number of rotatable bonds is 3. The molecule has 0 amide bonds. The molecule has 0 aliphatic rings. The van der Waals surface area contributed by atoms with Gasteiger partial charge in [0.15, 0.2) is 0 Å². The van der Waals surface area contributed by atoms with Gasteiger partial charge in [-0.25, -0.2) is 9.97 Å². The van der Waals surface area contributed by atoms with Gasteiger partial charge in [-0.15, -0.1) is 13.2 Å². The zero-order valence-electron chi connectivity index (χ0n) is 14.1. The van der Waals surface area contributed by atoms with Crippen molar-refractivity contribution in [3.63, 3.8) is 0 Å². The molecule has 0 aliphatic carbocycles. The summed E-state index contributed by atoms with van der Waals surface area (Å²) >= 11 is 0. The smallest absolute Gasteiger partial charge is 0.406 e. The van der Waals surface area contributed by atoms with Crippen molar-refractivity contribution < 1.29 is 17.9 Å². The molecule has 0 atom stereocenters. The molecular formula is C19H17F3N2O. The first-order valence-corrected chi connectivity index (χ1v) is 7.77. The Bertz CT molecular complexity index is 903. The summed E-state index contributed by atoms with van der Waals surface area (Å²) in [4.78, 5) is 9.05. The molecule has 0 unspecified atom stereocenters.